The Morgan fingerprint density at radius 2 is 1.58 bits per heavy atom. The molecule has 2 N–H and O–H groups in total. The summed E-state index contributed by atoms with van der Waals surface area (Å²) in [5, 5.41) is 15.5. The lowest BCUT2D eigenvalue weighted by atomic mass is 10.1. The van der Waals surface area contributed by atoms with Crippen LogP contribution in [-0.2, 0) is 4.79 Å². The molecule has 2 amide bonds. The molecule has 11 heteroatoms. The summed E-state index contributed by atoms with van der Waals surface area (Å²) in [4.78, 5) is 25.9. The van der Waals surface area contributed by atoms with Gasteiger partial charge in [-0.1, -0.05) is 34.8 Å². The topological polar surface area (TPSA) is 91.2 Å². The third kappa shape index (κ3) is 5.36. The number of carbonyl (C=O) groups excluding carboxylic acids is 2. The van der Waals surface area contributed by atoms with Gasteiger partial charge in [-0.3, -0.25) is 9.59 Å². The molecule has 0 unspecified atom stereocenters. The van der Waals surface area contributed by atoms with Crippen molar-refractivity contribution in [1.82, 2.24) is 0 Å². The second-order valence-corrected chi connectivity index (χ2v) is 10.7. The first-order chi connectivity index (χ1) is 17.0. The third-order valence-corrected chi connectivity index (χ3v) is 7.34. The van der Waals surface area contributed by atoms with Crippen LogP contribution in [0.25, 0.3) is 0 Å². The molecule has 0 aromatic heterocycles. The van der Waals surface area contributed by atoms with Crippen molar-refractivity contribution in [3.63, 3.8) is 0 Å². The van der Waals surface area contributed by atoms with Crippen molar-refractivity contribution >= 4 is 81.2 Å². The van der Waals surface area contributed by atoms with Crippen LogP contribution < -0.4 is 15.4 Å². The van der Waals surface area contributed by atoms with Gasteiger partial charge >= 0.3 is 0 Å². The Morgan fingerprint density at radius 3 is 2.22 bits per heavy atom. The van der Waals surface area contributed by atoms with Gasteiger partial charge in [0.15, 0.2) is 0 Å². The summed E-state index contributed by atoms with van der Waals surface area (Å²) in [6.45, 7) is 0. The minimum atomic E-state index is -1.35. The van der Waals surface area contributed by atoms with Crippen LogP contribution in [0.2, 0.25) is 15.1 Å². The monoisotopic (exact) mass is 581 g/mol. The number of halogens is 5. The normalized spacial score (nSPS) is 17.6. The van der Waals surface area contributed by atoms with Crippen LogP contribution in [0.5, 0.6) is 5.75 Å². The molecule has 0 bridgehead atoms. The number of carbonyl (C=O) groups is 2. The van der Waals surface area contributed by atoms with Gasteiger partial charge in [0.25, 0.3) is 5.91 Å². The minimum Gasteiger partial charge on any atom is -0.495 e. The molecule has 0 saturated heterocycles. The van der Waals surface area contributed by atoms with E-state index in [0.717, 1.165) is 0 Å². The van der Waals surface area contributed by atoms with E-state index in [2.05, 4.69) is 10.6 Å². The van der Waals surface area contributed by atoms with Gasteiger partial charge < -0.3 is 15.4 Å². The Kier molecular flexibility index (Phi) is 7.61. The molecule has 2 atom stereocenters. The summed E-state index contributed by atoms with van der Waals surface area (Å²) < 4.78 is 3.82. The fourth-order valence-corrected chi connectivity index (χ4v) is 5.45. The lowest BCUT2D eigenvalue weighted by Crippen LogP contribution is -2.18. The minimum absolute atomic E-state index is 0.120. The number of nitrogens with zero attached hydrogens (tertiary/aromatic N) is 1. The molecule has 4 rings (SSSR count). The second-order valence-electron chi connectivity index (χ2n) is 8.00. The number of hydrogen-bond donors (Lipinski definition) is 2. The number of nitriles is 1. The summed E-state index contributed by atoms with van der Waals surface area (Å²) in [7, 11) is 1.42. The number of benzene rings is 3. The molecule has 3 aromatic carbocycles. The molecule has 36 heavy (non-hydrogen) atoms. The Morgan fingerprint density at radius 1 is 0.944 bits per heavy atom. The molecule has 0 heterocycles. The largest absolute Gasteiger partial charge is 0.495 e. The third-order valence-electron chi connectivity index (χ3n) is 5.64. The van der Waals surface area contributed by atoms with Crippen molar-refractivity contribution in [2.75, 3.05) is 17.7 Å². The molecule has 0 aliphatic heterocycles. The SMILES string of the molecule is COc1cc(NC(=O)c2cc(NC(=O)[C@@H]3[C@@H](c4cc(Cl)cc(Cl)c4)C3(Cl)Cl)ccc2Cl)ccc1C#N. The Bertz CT molecular complexity index is 1400. The molecular formula is C25H16Cl5N3O3. The molecule has 3 aromatic rings. The van der Waals surface area contributed by atoms with E-state index in [-0.39, 0.29) is 10.6 Å². The van der Waals surface area contributed by atoms with Gasteiger partial charge in [-0.05, 0) is 54.1 Å². The lowest BCUT2D eigenvalue weighted by Gasteiger charge is -2.11. The first-order valence-corrected chi connectivity index (χ1v) is 12.3. The number of alkyl halides is 2. The molecule has 6 nitrogen and oxygen atoms in total. The van der Waals surface area contributed by atoms with Crippen LogP contribution in [0, 0.1) is 17.2 Å². The summed E-state index contributed by atoms with van der Waals surface area (Å²) >= 11 is 31.2. The highest BCUT2D eigenvalue weighted by atomic mass is 35.5. The predicted octanol–water partition coefficient (Wildman–Crippen LogP) is 7.31. The molecule has 1 aliphatic rings. The van der Waals surface area contributed by atoms with Gasteiger partial charge in [-0.25, -0.2) is 0 Å². The zero-order valence-corrected chi connectivity index (χ0v) is 22.2. The van der Waals surface area contributed by atoms with Crippen molar-refractivity contribution in [3.8, 4) is 11.8 Å². The highest BCUT2D eigenvalue weighted by Gasteiger charge is 2.67. The zero-order chi connectivity index (χ0) is 26.2. The van der Waals surface area contributed by atoms with Gasteiger partial charge in [0.1, 0.15) is 16.2 Å². The molecule has 1 saturated carbocycles. The van der Waals surface area contributed by atoms with Gasteiger partial charge in [-0.2, -0.15) is 5.26 Å². The number of rotatable bonds is 6. The van der Waals surface area contributed by atoms with Crippen LogP contribution in [0.3, 0.4) is 0 Å². The maximum absolute atomic E-state index is 13.0. The average molecular weight is 584 g/mol. The Hall–Kier alpha value is -2.66. The van der Waals surface area contributed by atoms with E-state index in [0.29, 0.717) is 38.3 Å². The fraction of sp³-hybridized carbons (Fsp3) is 0.160. The van der Waals surface area contributed by atoms with Crippen LogP contribution >= 0.6 is 58.0 Å². The van der Waals surface area contributed by atoms with Crippen LogP contribution in [0.4, 0.5) is 11.4 Å². The number of nitrogens with one attached hydrogen (secondary N) is 2. The van der Waals surface area contributed by atoms with Crippen molar-refractivity contribution in [1.29, 1.82) is 5.26 Å². The van der Waals surface area contributed by atoms with Gasteiger partial charge in [0.2, 0.25) is 5.91 Å². The van der Waals surface area contributed by atoms with Crippen molar-refractivity contribution in [2.45, 2.75) is 10.3 Å². The standard InChI is InChI=1S/C25H16Cl5N3O3/c1-36-20-10-17(3-2-12(20)11-31)32-23(34)18-9-16(4-5-19(18)28)33-24(35)22-21(25(22,29)30)13-6-14(26)8-15(27)7-13/h2-10,21-22H,1H3,(H,32,34)(H,33,35)/t21-,22+/m1/s1. The first kappa shape index (κ1) is 26.4. The van der Waals surface area contributed by atoms with Crippen LogP contribution in [-0.4, -0.2) is 23.3 Å². The predicted molar refractivity (Wildman–Crippen MR) is 143 cm³/mol. The van der Waals surface area contributed by atoms with E-state index in [4.69, 9.17) is 68.0 Å². The zero-order valence-electron chi connectivity index (χ0n) is 18.4. The van der Waals surface area contributed by atoms with E-state index >= 15 is 0 Å². The highest BCUT2D eigenvalue weighted by Crippen LogP contribution is 2.65. The van der Waals surface area contributed by atoms with Crippen LogP contribution in [0.15, 0.2) is 54.6 Å². The quantitative estimate of drug-likeness (QED) is 0.298. The molecular weight excluding hydrogens is 568 g/mol. The van der Waals surface area contributed by atoms with Crippen molar-refractivity contribution in [3.05, 3.63) is 86.4 Å². The van der Waals surface area contributed by atoms with E-state index < -0.39 is 28.0 Å². The summed E-state index contributed by atoms with van der Waals surface area (Å²) in [5.41, 5.74) is 1.81. The maximum Gasteiger partial charge on any atom is 0.257 e. The molecule has 0 radical (unpaired) electrons. The number of hydrogen-bond acceptors (Lipinski definition) is 4. The average Bonchev–Trinajstić information content (AvgIpc) is 3.41. The summed E-state index contributed by atoms with van der Waals surface area (Å²) in [6.07, 6.45) is 0. The molecule has 1 aliphatic carbocycles. The Balaban J connectivity index is 1.51. The van der Waals surface area contributed by atoms with Gasteiger partial charge in [0, 0.05) is 33.4 Å². The second kappa shape index (κ2) is 10.4. The number of ether oxygens (including phenoxy) is 1. The number of methoxy groups -OCH3 is 1. The van der Waals surface area contributed by atoms with E-state index in [1.165, 1.54) is 31.4 Å². The Labute approximate surface area is 232 Å². The molecule has 184 valence electrons. The first-order valence-electron chi connectivity index (χ1n) is 10.4. The highest BCUT2D eigenvalue weighted by molar-refractivity contribution is 6.53. The molecule has 1 fully saturated rings. The smallest absolute Gasteiger partial charge is 0.257 e. The van der Waals surface area contributed by atoms with Crippen molar-refractivity contribution < 1.29 is 14.3 Å². The fourth-order valence-electron chi connectivity index (χ4n) is 3.88. The lowest BCUT2D eigenvalue weighted by molar-refractivity contribution is -0.117. The molecule has 0 spiro atoms. The number of anilines is 2. The summed E-state index contributed by atoms with van der Waals surface area (Å²) in [6, 6.07) is 16.0. The van der Waals surface area contributed by atoms with E-state index in [1.807, 2.05) is 6.07 Å². The van der Waals surface area contributed by atoms with Gasteiger partial charge in [0.05, 0.1) is 29.2 Å². The van der Waals surface area contributed by atoms with Crippen LogP contribution in [0.1, 0.15) is 27.4 Å². The van der Waals surface area contributed by atoms with E-state index in [1.54, 1.807) is 30.3 Å². The summed E-state index contributed by atoms with van der Waals surface area (Å²) in [5.74, 6) is -1.93. The van der Waals surface area contributed by atoms with E-state index in [9.17, 15) is 9.59 Å². The van der Waals surface area contributed by atoms with Gasteiger partial charge in [-0.15, -0.1) is 23.2 Å². The maximum atomic E-state index is 13.0. The van der Waals surface area contributed by atoms with Crippen molar-refractivity contribution in [2.24, 2.45) is 5.92 Å². The number of amides is 2.